The number of nitrogens with zero attached hydrogens (tertiary/aromatic N) is 3. The van der Waals surface area contributed by atoms with Gasteiger partial charge in [0.05, 0.1) is 21.5 Å². The second-order valence-corrected chi connectivity index (χ2v) is 5.53. The van der Waals surface area contributed by atoms with Gasteiger partial charge in [-0.15, -0.1) is 0 Å². The predicted molar refractivity (Wildman–Crippen MR) is 94.2 cm³/mol. The zero-order chi connectivity index (χ0) is 17.9. The van der Waals surface area contributed by atoms with E-state index < -0.39 is 9.85 Å². The Bertz CT molecular complexity index is 811. The number of hydrogen-bond donors (Lipinski definition) is 0. The van der Waals surface area contributed by atoms with Gasteiger partial charge in [0, 0.05) is 25.3 Å². The maximum Gasteiger partial charge on any atom is 0.283 e. The fourth-order valence-electron chi connectivity index (χ4n) is 2.27. The third-order valence-electron chi connectivity index (χ3n) is 3.60. The van der Waals surface area contributed by atoms with Crippen LogP contribution in [0.15, 0.2) is 36.4 Å². The van der Waals surface area contributed by atoms with Gasteiger partial charge in [0.2, 0.25) is 0 Å². The Morgan fingerprint density at radius 2 is 1.50 bits per heavy atom. The molecule has 0 aliphatic heterocycles. The molecule has 0 saturated carbocycles. The monoisotopic (exact) mass is 327 g/mol. The Hall–Kier alpha value is -3.22. The predicted octanol–water partition coefficient (Wildman–Crippen LogP) is 4.05. The minimum atomic E-state index is -0.615. The lowest BCUT2D eigenvalue weighted by Crippen LogP contribution is -2.07. The normalized spacial score (nSPS) is 10.8. The van der Waals surface area contributed by atoms with Crippen molar-refractivity contribution in [1.82, 2.24) is 0 Å². The highest BCUT2D eigenvalue weighted by Crippen LogP contribution is 2.29. The average molecular weight is 327 g/mol. The van der Waals surface area contributed by atoms with Crippen molar-refractivity contribution < 1.29 is 9.85 Å². The Kier molecular flexibility index (Phi) is 4.93. The summed E-state index contributed by atoms with van der Waals surface area (Å²) >= 11 is 0. The summed E-state index contributed by atoms with van der Waals surface area (Å²) in [6.45, 7) is 1.56. The zero-order valence-corrected chi connectivity index (χ0v) is 13.6. The van der Waals surface area contributed by atoms with Crippen molar-refractivity contribution >= 4 is 29.2 Å². The number of nitro groups is 2. The molecule has 2 rings (SSSR count). The summed E-state index contributed by atoms with van der Waals surface area (Å²) in [5, 5.41) is 22.1. The summed E-state index contributed by atoms with van der Waals surface area (Å²) in [5.74, 6) is 0. The summed E-state index contributed by atoms with van der Waals surface area (Å²) < 4.78 is 0. The first-order valence-corrected chi connectivity index (χ1v) is 7.18. The van der Waals surface area contributed by atoms with E-state index in [-0.39, 0.29) is 11.4 Å². The van der Waals surface area contributed by atoms with Crippen LogP contribution in [0, 0.1) is 27.2 Å². The molecule has 0 aliphatic carbocycles. The summed E-state index contributed by atoms with van der Waals surface area (Å²) in [5.41, 5.74) is 2.10. The molecule has 2 aromatic carbocycles. The molecule has 0 radical (unpaired) electrons. The third kappa shape index (κ3) is 3.75. The zero-order valence-electron chi connectivity index (χ0n) is 13.6. The molecule has 0 saturated heterocycles. The Balaban J connectivity index is 2.39. The van der Waals surface area contributed by atoms with Crippen LogP contribution in [0.3, 0.4) is 0 Å². The summed E-state index contributed by atoms with van der Waals surface area (Å²) in [4.78, 5) is 22.9. The minimum Gasteiger partial charge on any atom is -0.378 e. The molecule has 0 fully saturated rings. The molecule has 0 amide bonds. The van der Waals surface area contributed by atoms with Gasteiger partial charge in [0.15, 0.2) is 0 Å². The van der Waals surface area contributed by atoms with Gasteiger partial charge in [-0.25, -0.2) is 0 Å². The topological polar surface area (TPSA) is 89.5 Å². The smallest absolute Gasteiger partial charge is 0.283 e. The maximum atomic E-state index is 11.2. The van der Waals surface area contributed by atoms with Crippen molar-refractivity contribution in [2.24, 2.45) is 0 Å². The molecule has 0 N–H and O–H groups in total. The van der Waals surface area contributed by atoms with Crippen molar-refractivity contribution in [3.05, 3.63) is 73.3 Å². The molecule has 0 atom stereocenters. The molecule has 2 aromatic rings. The summed E-state index contributed by atoms with van der Waals surface area (Å²) in [6, 6.07) is 10.1. The Morgan fingerprint density at radius 3 is 2.00 bits per heavy atom. The van der Waals surface area contributed by atoms with Gasteiger partial charge in [-0.05, 0) is 36.8 Å². The van der Waals surface area contributed by atoms with E-state index in [0.29, 0.717) is 11.1 Å². The van der Waals surface area contributed by atoms with Crippen molar-refractivity contribution in [2.45, 2.75) is 6.92 Å². The number of anilines is 1. The highest BCUT2D eigenvalue weighted by Gasteiger charge is 2.21. The number of hydrogen-bond acceptors (Lipinski definition) is 5. The van der Waals surface area contributed by atoms with Crippen LogP contribution in [0.25, 0.3) is 12.2 Å². The Morgan fingerprint density at radius 1 is 0.917 bits per heavy atom. The molecule has 0 aromatic heterocycles. The SMILES string of the molecule is Cc1cc(/C=C/c2ccc(N(C)C)cc2)c([N+](=O)[O-])cc1[N+](=O)[O-]. The molecule has 7 heteroatoms. The van der Waals surface area contributed by atoms with Crippen molar-refractivity contribution in [3.8, 4) is 0 Å². The highest BCUT2D eigenvalue weighted by atomic mass is 16.6. The largest absolute Gasteiger partial charge is 0.378 e. The quantitative estimate of drug-likeness (QED) is 0.469. The van der Waals surface area contributed by atoms with Crippen LogP contribution in [-0.2, 0) is 0 Å². The van der Waals surface area contributed by atoms with Gasteiger partial charge in [-0.3, -0.25) is 20.2 Å². The van der Waals surface area contributed by atoms with E-state index >= 15 is 0 Å². The number of aryl methyl sites for hydroxylation is 1. The average Bonchev–Trinajstić information content (AvgIpc) is 2.52. The lowest BCUT2D eigenvalue weighted by atomic mass is 10.1. The molecular weight excluding hydrogens is 310 g/mol. The van der Waals surface area contributed by atoms with E-state index in [0.717, 1.165) is 17.3 Å². The van der Waals surface area contributed by atoms with Crippen LogP contribution >= 0.6 is 0 Å². The molecule has 0 spiro atoms. The van der Waals surface area contributed by atoms with Crippen LogP contribution in [0.4, 0.5) is 17.1 Å². The third-order valence-corrected chi connectivity index (χ3v) is 3.60. The molecule has 7 nitrogen and oxygen atoms in total. The van der Waals surface area contributed by atoms with E-state index in [1.807, 2.05) is 43.3 Å². The van der Waals surface area contributed by atoms with Gasteiger partial charge in [0.1, 0.15) is 0 Å². The van der Waals surface area contributed by atoms with E-state index in [1.54, 1.807) is 19.1 Å². The standard InChI is InChI=1S/C17H17N3O4/c1-12-10-14(17(20(23)24)11-16(12)19(21)22)7-4-13-5-8-15(9-6-13)18(2)3/h4-11H,1-3H3/b7-4+. The molecule has 24 heavy (non-hydrogen) atoms. The van der Waals surface area contributed by atoms with Crippen LogP contribution in [-0.4, -0.2) is 23.9 Å². The second-order valence-electron chi connectivity index (χ2n) is 5.53. The van der Waals surface area contributed by atoms with Crippen molar-refractivity contribution in [2.75, 3.05) is 19.0 Å². The van der Waals surface area contributed by atoms with Crippen molar-refractivity contribution in [1.29, 1.82) is 0 Å². The summed E-state index contributed by atoms with van der Waals surface area (Å²) in [6.07, 6.45) is 3.34. The fraction of sp³-hybridized carbons (Fsp3) is 0.176. The van der Waals surface area contributed by atoms with E-state index in [1.165, 1.54) is 6.07 Å². The van der Waals surface area contributed by atoms with Gasteiger partial charge in [0.25, 0.3) is 11.4 Å². The van der Waals surface area contributed by atoms with E-state index in [4.69, 9.17) is 0 Å². The molecule has 124 valence electrons. The lowest BCUT2D eigenvalue weighted by Gasteiger charge is -2.11. The Labute approximate surface area is 139 Å². The summed E-state index contributed by atoms with van der Waals surface area (Å²) in [7, 11) is 3.88. The number of nitro benzene ring substituents is 2. The molecule has 0 unspecified atom stereocenters. The first-order valence-electron chi connectivity index (χ1n) is 7.18. The van der Waals surface area contributed by atoms with E-state index in [9.17, 15) is 20.2 Å². The van der Waals surface area contributed by atoms with Crippen LogP contribution in [0.2, 0.25) is 0 Å². The molecular formula is C17H17N3O4. The number of benzene rings is 2. The van der Waals surface area contributed by atoms with Crippen molar-refractivity contribution in [3.63, 3.8) is 0 Å². The maximum absolute atomic E-state index is 11.2. The fourth-order valence-corrected chi connectivity index (χ4v) is 2.27. The highest BCUT2D eigenvalue weighted by molar-refractivity contribution is 5.76. The molecule has 0 aliphatic rings. The minimum absolute atomic E-state index is 0.255. The van der Waals surface area contributed by atoms with E-state index in [2.05, 4.69) is 0 Å². The van der Waals surface area contributed by atoms with Crippen LogP contribution < -0.4 is 4.90 Å². The number of rotatable bonds is 5. The molecule has 0 bridgehead atoms. The van der Waals surface area contributed by atoms with Gasteiger partial charge < -0.3 is 4.90 Å². The van der Waals surface area contributed by atoms with Gasteiger partial charge in [-0.2, -0.15) is 0 Å². The van der Waals surface area contributed by atoms with Crippen LogP contribution in [0.5, 0.6) is 0 Å². The first kappa shape index (κ1) is 17.1. The molecule has 0 heterocycles. The van der Waals surface area contributed by atoms with Crippen LogP contribution in [0.1, 0.15) is 16.7 Å². The first-order chi connectivity index (χ1) is 11.3. The lowest BCUT2D eigenvalue weighted by molar-refractivity contribution is -0.394. The van der Waals surface area contributed by atoms with Gasteiger partial charge >= 0.3 is 0 Å². The van der Waals surface area contributed by atoms with Gasteiger partial charge in [-0.1, -0.05) is 18.2 Å². The second kappa shape index (κ2) is 6.91.